The number of rotatable bonds is 8. The van der Waals surface area contributed by atoms with E-state index >= 15 is 0 Å². The molecule has 0 bridgehead atoms. The summed E-state index contributed by atoms with van der Waals surface area (Å²) >= 11 is 6.04. The summed E-state index contributed by atoms with van der Waals surface area (Å²) in [6, 6.07) is 10.5. The minimum absolute atomic E-state index is 0.0190. The molecule has 218 valence electrons. The van der Waals surface area contributed by atoms with Crippen molar-refractivity contribution in [1.82, 2.24) is 9.21 Å². The summed E-state index contributed by atoms with van der Waals surface area (Å²) in [5.74, 6) is -0.403. The number of benzene rings is 2. The molecule has 1 saturated carbocycles. The lowest BCUT2D eigenvalue weighted by atomic mass is 9.88. The summed E-state index contributed by atoms with van der Waals surface area (Å²) in [5, 5.41) is 13.2. The Hall–Kier alpha value is -2.66. The van der Waals surface area contributed by atoms with Gasteiger partial charge in [0.15, 0.2) is 0 Å². The number of carbonyl (C=O) groups is 2. The second-order valence-electron chi connectivity index (χ2n) is 10.9. The maximum atomic E-state index is 13.7. The Morgan fingerprint density at radius 2 is 1.93 bits per heavy atom. The zero-order valence-electron chi connectivity index (χ0n) is 23.2. The maximum absolute atomic E-state index is 13.7. The van der Waals surface area contributed by atoms with E-state index in [-0.39, 0.29) is 53.8 Å². The Morgan fingerprint density at radius 1 is 1.20 bits per heavy atom. The Balaban J connectivity index is 1.62. The standard InChI is InChI=1S/C29H38ClN3O6S/c1-19-16-33(20(2)18-34)29(36)25-15-23(31-28(35)21-8-5-4-6-9-21)12-13-26(25)39-27(19)17-32(3)40(37,38)24-11-7-10-22(30)14-24/h7,10-15,19-21,27,34H,4-6,8-9,16-18H2,1-3H3,(H,31,35)/t19-,20-,27+/m1/s1. The van der Waals surface area contributed by atoms with Crippen LogP contribution in [-0.4, -0.2) is 73.4 Å². The largest absolute Gasteiger partial charge is 0.488 e. The lowest BCUT2D eigenvalue weighted by molar-refractivity contribution is -0.120. The van der Waals surface area contributed by atoms with E-state index in [9.17, 15) is 23.1 Å². The zero-order chi connectivity index (χ0) is 29.0. The third-order valence-electron chi connectivity index (χ3n) is 7.85. The van der Waals surface area contributed by atoms with Crippen molar-refractivity contribution in [3.63, 3.8) is 0 Å². The van der Waals surface area contributed by atoms with Crippen molar-refractivity contribution in [3.8, 4) is 5.75 Å². The molecule has 2 amide bonds. The molecule has 0 saturated heterocycles. The number of hydrogen-bond acceptors (Lipinski definition) is 6. The molecule has 2 aromatic carbocycles. The number of fused-ring (bicyclic) bond motifs is 1. The number of sulfonamides is 1. The molecule has 0 spiro atoms. The molecule has 4 rings (SSSR count). The van der Waals surface area contributed by atoms with Crippen molar-refractivity contribution in [3.05, 3.63) is 53.1 Å². The third kappa shape index (κ3) is 6.79. The first kappa shape index (κ1) is 30.3. The van der Waals surface area contributed by atoms with Gasteiger partial charge in [0.05, 0.1) is 29.7 Å². The van der Waals surface area contributed by atoms with Gasteiger partial charge in [-0.1, -0.05) is 43.9 Å². The van der Waals surface area contributed by atoms with Crippen molar-refractivity contribution in [1.29, 1.82) is 0 Å². The average Bonchev–Trinajstić information content (AvgIpc) is 2.95. The summed E-state index contributed by atoms with van der Waals surface area (Å²) in [7, 11) is -2.38. The van der Waals surface area contributed by atoms with E-state index in [1.54, 1.807) is 42.2 Å². The number of anilines is 1. The SMILES string of the molecule is C[C@@H]1CN([C@H](C)CO)C(=O)c2cc(NC(=O)C3CCCCC3)ccc2O[C@H]1CN(C)S(=O)(=O)c1cccc(Cl)c1. The van der Waals surface area contributed by atoms with Crippen LogP contribution in [0.3, 0.4) is 0 Å². The van der Waals surface area contributed by atoms with Crippen LogP contribution in [0.15, 0.2) is 47.4 Å². The fourth-order valence-corrected chi connectivity index (χ4v) is 6.77. The Bertz CT molecular complexity index is 1330. The lowest BCUT2D eigenvalue weighted by Gasteiger charge is -2.38. The molecule has 2 aliphatic rings. The smallest absolute Gasteiger partial charge is 0.258 e. The topological polar surface area (TPSA) is 116 Å². The van der Waals surface area contributed by atoms with Gasteiger partial charge in [0.25, 0.3) is 5.91 Å². The van der Waals surface area contributed by atoms with Crippen molar-refractivity contribution >= 4 is 39.1 Å². The number of aliphatic hydroxyl groups is 1. The summed E-state index contributed by atoms with van der Waals surface area (Å²) in [5.41, 5.74) is 0.743. The predicted molar refractivity (Wildman–Crippen MR) is 154 cm³/mol. The van der Waals surface area contributed by atoms with E-state index in [0.717, 1.165) is 32.1 Å². The molecular formula is C29H38ClN3O6S. The van der Waals surface area contributed by atoms with Gasteiger partial charge in [-0.15, -0.1) is 0 Å². The molecular weight excluding hydrogens is 554 g/mol. The van der Waals surface area contributed by atoms with Crippen LogP contribution >= 0.6 is 11.6 Å². The van der Waals surface area contributed by atoms with Crippen LogP contribution in [0.4, 0.5) is 5.69 Å². The van der Waals surface area contributed by atoms with E-state index in [2.05, 4.69) is 5.32 Å². The molecule has 2 aromatic rings. The van der Waals surface area contributed by atoms with Crippen molar-refractivity contribution in [2.75, 3.05) is 32.1 Å². The first-order chi connectivity index (χ1) is 19.0. The van der Waals surface area contributed by atoms with E-state index < -0.39 is 22.2 Å². The van der Waals surface area contributed by atoms with Crippen molar-refractivity contribution in [2.24, 2.45) is 11.8 Å². The molecule has 0 unspecified atom stereocenters. The molecule has 1 fully saturated rings. The summed E-state index contributed by atoms with van der Waals surface area (Å²) < 4.78 is 34.1. The fraction of sp³-hybridized carbons (Fsp3) is 0.517. The van der Waals surface area contributed by atoms with Gasteiger partial charge in [-0.2, -0.15) is 4.31 Å². The highest BCUT2D eigenvalue weighted by atomic mass is 35.5. The zero-order valence-corrected chi connectivity index (χ0v) is 24.7. The predicted octanol–water partition coefficient (Wildman–Crippen LogP) is 4.40. The summed E-state index contributed by atoms with van der Waals surface area (Å²) in [6.07, 6.45) is 4.30. The van der Waals surface area contributed by atoms with Gasteiger partial charge in [0, 0.05) is 36.1 Å². The van der Waals surface area contributed by atoms with Gasteiger partial charge in [0.1, 0.15) is 11.9 Å². The van der Waals surface area contributed by atoms with E-state index in [4.69, 9.17) is 16.3 Å². The van der Waals surface area contributed by atoms with Crippen LogP contribution < -0.4 is 10.1 Å². The monoisotopic (exact) mass is 591 g/mol. The number of aliphatic hydroxyl groups excluding tert-OH is 1. The van der Waals surface area contributed by atoms with E-state index in [1.165, 1.54) is 23.5 Å². The van der Waals surface area contributed by atoms with Crippen LogP contribution in [0, 0.1) is 11.8 Å². The number of nitrogens with one attached hydrogen (secondary N) is 1. The van der Waals surface area contributed by atoms with Gasteiger partial charge < -0.3 is 20.1 Å². The maximum Gasteiger partial charge on any atom is 0.258 e. The number of ether oxygens (including phenoxy) is 1. The first-order valence-corrected chi connectivity index (χ1v) is 15.6. The summed E-state index contributed by atoms with van der Waals surface area (Å²) in [4.78, 5) is 28.2. The minimum atomic E-state index is -3.86. The molecule has 9 nitrogen and oxygen atoms in total. The lowest BCUT2D eigenvalue weighted by Crippen LogP contribution is -2.50. The first-order valence-electron chi connectivity index (χ1n) is 13.8. The second-order valence-corrected chi connectivity index (χ2v) is 13.4. The fourth-order valence-electron chi connectivity index (χ4n) is 5.29. The molecule has 0 aromatic heterocycles. The quantitative estimate of drug-likeness (QED) is 0.470. The van der Waals surface area contributed by atoms with Crippen LogP contribution in [0.2, 0.25) is 5.02 Å². The highest BCUT2D eigenvalue weighted by Crippen LogP contribution is 2.32. The number of carbonyl (C=O) groups excluding carboxylic acids is 2. The average molecular weight is 592 g/mol. The van der Waals surface area contributed by atoms with Crippen LogP contribution in [0.5, 0.6) is 5.75 Å². The van der Waals surface area contributed by atoms with Crippen LogP contribution in [-0.2, 0) is 14.8 Å². The van der Waals surface area contributed by atoms with Gasteiger partial charge in [-0.3, -0.25) is 9.59 Å². The van der Waals surface area contributed by atoms with E-state index in [1.807, 2.05) is 6.92 Å². The molecule has 40 heavy (non-hydrogen) atoms. The number of nitrogens with zero attached hydrogens (tertiary/aromatic N) is 2. The molecule has 1 aliphatic heterocycles. The van der Waals surface area contributed by atoms with Crippen molar-refractivity contribution in [2.45, 2.75) is 63.0 Å². The van der Waals surface area contributed by atoms with Gasteiger partial charge in [0.2, 0.25) is 15.9 Å². The molecule has 1 aliphatic carbocycles. The Labute approximate surface area is 241 Å². The minimum Gasteiger partial charge on any atom is -0.488 e. The van der Waals surface area contributed by atoms with Gasteiger partial charge in [-0.25, -0.2) is 8.42 Å². The Kier molecular flexibility index (Phi) is 9.76. The highest BCUT2D eigenvalue weighted by Gasteiger charge is 2.35. The van der Waals surface area contributed by atoms with Gasteiger partial charge in [-0.05, 0) is 56.2 Å². The second kappa shape index (κ2) is 12.9. The van der Waals surface area contributed by atoms with Crippen LogP contribution in [0.1, 0.15) is 56.3 Å². The number of hydrogen-bond donors (Lipinski definition) is 2. The Morgan fingerprint density at radius 3 is 2.60 bits per heavy atom. The van der Waals surface area contributed by atoms with Gasteiger partial charge >= 0.3 is 0 Å². The van der Waals surface area contributed by atoms with Crippen LogP contribution in [0.25, 0.3) is 0 Å². The molecule has 11 heteroatoms. The number of amides is 2. The highest BCUT2D eigenvalue weighted by molar-refractivity contribution is 7.89. The van der Waals surface area contributed by atoms with Crippen molar-refractivity contribution < 1.29 is 27.9 Å². The third-order valence-corrected chi connectivity index (χ3v) is 9.90. The molecule has 2 N–H and O–H groups in total. The number of halogens is 1. The molecule has 1 heterocycles. The normalized spacial score (nSPS) is 21.2. The summed E-state index contributed by atoms with van der Waals surface area (Å²) in [6.45, 7) is 3.67. The van der Waals surface area contributed by atoms with E-state index in [0.29, 0.717) is 16.5 Å². The molecule has 3 atom stereocenters. The molecule has 0 radical (unpaired) electrons. The number of likely N-dealkylation sites (N-methyl/N-ethyl adjacent to an activating group) is 1.